The van der Waals surface area contributed by atoms with Crippen molar-refractivity contribution in [2.75, 3.05) is 13.1 Å². The van der Waals surface area contributed by atoms with E-state index >= 15 is 0 Å². The molecule has 1 heterocycles. The molecule has 2 N–H and O–H groups in total. The monoisotopic (exact) mass is 351 g/mol. The number of rotatable bonds is 7. The number of aliphatic hydroxyl groups excluding tert-OH is 1. The number of phenolic OH excluding ortho intramolecular Hbond substituents is 1. The van der Waals surface area contributed by atoms with Gasteiger partial charge in [-0.25, -0.2) is 4.68 Å². The Kier molecular flexibility index (Phi) is 5.71. The van der Waals surface area contributed by atoms with Crippen molar-refractivity contribution in [3.8, 4) is 11.4 Å². The largest absolute Gasteiger partial charge is 0.508 e. The van der Waals surface area contributed by atoms with Gasteiger partial charge in [0.15, 0.2) is 0 Å². The second kappa shape index (κ2) is 8.17. The second-order valence-electron chi connectivity index (χ2n) is 6.46. The van der Waals surface area contributed by atoms with Crippen LogP contribution in [0.25, 0.3) is 5.69 Å². The third-order valence-electron chi connectivity index (χ3n) is 4.55. The summed E-state index contributed by atoms with van der Waals surface area (Å²) in [6.45, 7) is 6.10. The van der Waals surface area contributed by atoms with Crippen LogP contribution in [-0.4, -0.2) is 38.0 Å². The van der Waals surface area contributed by atoms with Crippen molar-refractivity contribution >= 4 is 0 Å². The first kappa shape index (κ1) is 18.2. The van der Waals surface area contributed by atoms with Crippen LogP contribution >= 0.6 is 0 Å². The van der Waals surface area contributed by atoms with Gasteiger partial charge in [0.25, 0.3) is 0 Å². The zero-order valence-corrected chi connectivity index (χ0v) is 15.2. The van der Waals surface area contributed by atoms with E-state index in [9.17, 15) is 10.2 Å². The molecule has 0 bridgehead atoms. The molecule has 0 spiro atoms. The van der Waals surface area contributed by atoms with Crippen molar-refractivity contribution in [1.29, 1.82) is 0 Å². The maximum atomic E-state index is 10.5. The van der Waals surface area contributed by atoms with Crippen LogP contribution in [0.5, 0.6) is 5.75 Å². The molecule has 136 valence electrons. The predicted molar refractivity (Wildman–Crippen MR) is 102 cm³/mol. The minimum atomic E-state index is -0.647. The van der Waals surface area contributed by atoms with Gasteiger partial charge in [0.2, 0.25) is 0 Å². The highest BCUT2D eigenvalue weighted by Gasteiger charge is 2.16. The molecule has 0 saturated carbocycles. The fourth-order valence-corrected chi connectivity index (χ4v) is 2.99. The maximum Gasteiger partial charge on any atom is 0.115 e. The number of likely N-dealkylation sites (N-methyl/N-ethyl adjacent to an activating group) is 1. The maximum absolute atomic E-state index is 10.5. The summed E-state index contributed by atoms with van der Waals surface area (Å²) in [5.74, 6) is 0.171. The van der Waals surface area contributed by atoms with Gasteiger partial charge in [-0.2, -0.15) is 5.10 Å². The number of nitrogens with zero attached hydrogens (tertiary/aromatic N) is 3. The number of hydrogen-bond acceptors (Lipinski definition) is 4. The van der Waals surface area contributed by atoms with Gasteiger partial charge >= 0.3 is 0 Å². The minimum absolute atomic E-state index is 0.171. The van der Waals surface area contributed by atoms with Gasteiger partial charge in [-0.3, -0.25) is 4.90 Å². The van der Waals surface area contributed by atoms with E-state index < -0.39 is 6.10 Å². The number of aryl methyl sites for hydroxylation is 1. The molecule has 0 aliphatic rings. The zero-order chi connectivity index (χ0) is 18.5. The molecule has 0 aliphatic heterocycles. The summed E-state index contributed by atoms with van der Waals surface area (Å²) < 4.78 is 1.89. The van der Waals surface area contributed by atoms with E-state index in [0.717, 1.165) is 29.1 Å². The van der Waals surface area contributed by atoms with Gasteiger partial charge in [0.1, 0.15) is 5.75 Å². The second-order valence-corrected chi connectivity index (χ2v) is 6.46. The van der Waals surface area contributed by atoms with Crippen LogP contribution in [0.4, 0.5) is 0 Å². The highest BCUT2D eigenvalue weighted by atomic mass is 16.3. The topological polar surface area (TPSA) is 61.5 Å². The number of aliphatic hydroxyl groups is 1. The SMILES string of the molecule is CCN(Cc1cn(-c2ccccc2)nc1C)C[C@@H](O)c1cccc(O)c1. The molecule has 0 radical (unpaired) electrons. The van der Waals surface area contributed by atoms with Gasteiger partial charge < -0.3 is 10.2 Å². The number of aromatic nitrogens is 2. The molecule has 3 rings (SSSR count). The normalized spacial score (nSPS) is 12.5. The van der Waals surface area contributed by atoms with Gasteiger partial charge in [0, 0.05) is 24.8 Å². The number of hydrogen-bond donors (Lipinski definition) is 2. The summed E-state index contributed by atoms with van der Waals surface area (Å²) in [7, 11) is 0. The van der Waals surface area contributed by atoms with Crippen LogP contribution in [-0.2, 0) is 6.54 Å². The molecule has 26 heavy (non-hydrogen) atoms. The Hall–Kier alpha value is -2.63. The van der Waals surface area contributed by atoms with E-state index in [2.05, 4.69) is 16.9 Å². The first-order valence-electron chi connectivity index (χ1n) is 8.86. The van der Waals surface area contributed by atoms with Crippen LogP contribution in [0.15, 0.2) is 60.8 Å². The van der Waals surface area contributed by atoms with E-state index in [1.807, 2.05) is 54.2 Å². The quantitative estimate of drug-likeness (QED) is 0.684. The van der Waals surface area contributed by atoms with Crippen molar-refractivity contribution in [1.82, 2.24) is 14.7 Å². The Labute approximate surface area is 154 Å². The molecule has 3 aromatic rings. The Morgan fingerprint density at radius 2 is 1.88 bits per heavy atom. The first-order chi connectivity index (χ1) is 12.6. The number of phenols is 1. The van der Waals surface area contributed by atoms with Crippen LogP contribution in [0, 0.1) is 6.92 Å². The lowest BCUT2D eigenvalue weighted by molar-refractivity contribution is 0.112. The molecule has 2 aromatic carbocycles. The Balaban J connectivity index is 1.71. The molecule has 0 saturated heterocycles. The lowest BCUT2D eigenvalue weighted by Crippen LogP contribution is -2.28. The Bertz CT molecular complexity index is 845. The molecule has 0 amide bonds. The van der Waals surface area contributed by atoms with Crippen molar-refractivity contribution < 1.29 is 10.2 Å². The van der Waals surface area contributed by atoms with Crippen LogP contribution in [0.3, 0.4) is 0 Å². The van der Waals surface area contributed by atoms with E-state index in [0.29, 0.717) is 13.1 Å². The first-order valence-corrected chi connectivity index (χ1v) is 8.86. The highest BCUT2D eigenvalue weighted by molar-refractivity contribution is 5.32. The smallest absolute Gasteiger partial charge is 0.115 e. The summed E-state index contributed by atoms with van der Waals surface area (Å²) in [4.78, 5) is 2.17. The fourth-order valence-electron chi connectivity index (χ4n) is 2.99. The van der Waals surface area contributed by atoms with Crippen LogP contribution < -0.4 is 0 Å². The van der Waals surface area contributed by atoms with Gasteiger partial charge in [0.05, 0.1) is 17.5 Å². The van der Waals surface area contributed by atoms with Crippen molar-refractivity contribution in [2.24, 2.45) is 0 Å². The average molecular weight is 351 g/mol. The van der Waals surface area contributed by atoms with Crippen molar-refractivity contribution in [2.45, 2.75) is 26.5 Å². The number of aromatic hydroxyl groups is 1. The van der Waals surface area contributed by atoms with E-state index in [1.54, 1.807) is 18.2 Å². The van der Waals surface area contributed by atoms with Crippen LogP contribution in [0.2, 0.25) is 0 Å². The molecular weight excluding hydrogens is 326 g/mol. The Morgan fingerprint density at radius 3 is 2.58 bits per heavy atom. The van der Waals surface area contributed by atoms with E-state index in [4.69, 9.17) is 0 Å². The third-order valence-corrected chi connectivity index (χ3v) is 4.55. The standard InChI is InChI=1S/C21H25N3O2/c1-3-23(15-21(26)17-8-7-11-20(25)12-17)13-18-14-24(22-16(18)2)19-9-5-4-6-10-19/h4-12,14,21,25-26H,3,13,15H2,1-2H3/t21-/m1/s1. The summed E-state index contributed by atoms with van der Waals surface area (Å²) in [6.07, 6.45) is 1.40. The number of para-hydroxylation sites is 1. The molecule has 5 heteroatoms. The van der Waals surface area contributed by atoms with E-state index in [1.165, 1.54) is 0 Å². The predicted octanol–water partition coefficient (Wildman–Crippen LogP) is 3.44. The summed E-state index contributed by atoms with van der Waals surface area (Å²) >= 11 is 0. The molecule has 0 unspecified atom stereocenters. The van der Waals surface area contributed by atoms with Gasteiger partial charge in [-0.1, -0.05) is 37.3 Å². The number of benzene rings is 2. The molecule has 0 fully saturated rings. The molecule has 5 nitrogen and oxygen atoms in total. The van der Waals surface area contributed by atoms with Gasteiger partial charge in [-0.15, -0.1) is 0 Å². The lowest BCUT2D eigenvalue weighted by Gasteiger charge is -2.23. The minimum Gasteiger partial charge on any atom is -0.508 e. The Morgan fingerprint density at radius 1 is 1.12 bits per heavy atom. The summed E-state index contributed by atoms with van der Waals surface area (Å²) in [6, 6.07) is 16.8. The summed E-state index contributed by atoms with van der Waals surface area (Å²) in [5.41, 5.74) is 3.88. The van der Waals surface area contributed by atoms with E-state index in [-0.39, 0.29) is 5.75 Å². The third kappa shape index (κ3) is 4.31. The molecule has 1 aromatic heterocycles. The average Bonchev–Trinajstić information content (AvgIpc) is 3.02. The zero-order valence-electron chi connectivity index (χ0n) is 15.2. The highest BCUT2D eigenvalue weighted by Crippen LogP contribution is 2.20. The van der Waals surface area contributed by atoms with Gasteiger partial charge in [-0.05, 0) is 43.3 Å². The summed E-state index contributed by atoms with van der Waals surface area (Å²) in [5, 5.41) is 24.7. The van der Waals surface area contributed by atoms with Crippen molar-refractivity contribution in [3.05, 3.63) is 77.6 Å². The van der Waals surface area contributed by atoms with Crippen LogP contribution in [0.1, 0.15) is 29.8 Å². The lowest BCUT2D eigenvalue weighted by atomic mass is 10.1. The molecular formula is C21H25N3O2. The van der Waals surface area contributed by atoms with Crippen molar-refractivity contribution in [3.63, 3.8) is 0 Å². The molecule has 0 aliphatic carbocycles. The molecule has 1 atom stereocenters. The fraction of sp³-hybridized carbons (Fsp3) is 0.286.